The number of aromatic nitrogens is 1. The molecule has 0 spiro atoms. The second-order valence-corrected chi connectivity index (χ2v) is 4.83. The number of ether oxygens (including phenoxy) is 1. The Bertz CT molecular complexity index is 562. The maximum atomic E-state index is 10.6. The molecule has 3 rings (SSSR count). The Labute approximate surface area is 103 Å². The molecule has 2 heterocycles. The van der Waals surface area contributed by atoms with Gasteiger partial charge in [0.15, 0.2) is 6.29 Å². The van der Waals surface area contributed by atoms with E-state index in [2.05, 4.69) is 11.1 Å². The van der Waals surface area contributed by atoms with Crippen molar-refractivity contribution in [2.75, 3.05) is 6.61 Å². The lowest BCUT2D eigenvalue weighted by molar-refractivity contribution is 0.111. The van der Waals surface area contributed by atoms with Gasteiger partial charge in [-0.25, -0.2) is 4.98 Å². The summed E-state index contributed by atoms with van der Waals surface area (Å²) < 4.78 is 5.57. The molecule has 0 saturated heterocycles. The highest BCUT2D eigenvalue weighted by molar-refractivity contribution is 7.13. The van der Waals surface area contributed by atoms with E-state index in [9.17, 15) is 4.79 Å². The summed E-state index contributed by atoms with van der Waals surface area (Å²) in [5, 5.41) is 2.67. The fourth-order valence-electron chi connectivity index (χ4n) is 1.97. The Balaban J connectivity index is 2.00. The van der Waals surface area contributed by atoms with Crippen molar-refractivity contribution in [1.82, 2.24) is 4.98 Å². The number of benzene rings is 1. The molecule has 0 saturated carbocycles. The molecule has 0 radical (unpaired) electrons. The van der Waals surface area contributed by atoms with E-state index in [4.69, 9.17) is 4.74 Å². The van der Waals surface area contributed by atoms with Gasteiger partial charge in [-0.05, 0) is 36.6 Å². The van der Waals surface area contributed by atoms with Gasteiger partial charge in [-0.2, -0.15) is 0 Å². The van der Waals surface area contributed by atoms with Gasteiger partial charge in [0.25, 0.3) is 0 Å². The van der Waals surface area contributed by atoms with Gasteiger partial charge < -0.3 is 4.74 Å². The number of aryl methyl sites for hydroxylation is 1. The number of nitrogens with zero attached hydrogens (tertiary/aromatic N) is 1. The molecule has 1 aliphatic rings. The molecule has 0 N–H and O–H groups in total. The minimum atomic E-state index is 0.499. The van der Waals surface area contributed by atoms with Gasteiger partial charge in [-0.3, -0.25) is 4.79 Å². The van der Waals surface area contributed by atoms with E-state index in [-0.39, 0.29) is 0 Å². The first-order valence-electron chi connectivity index (χ1n) is 5.53. The maximum absolute atomic E-state index is 10.6. The summed E-state index contributed by atoms with van der Waals surface area (Å²) in [4.78, 5) is 14.9. The summed E-state index contributed by atoms with van der Waals surface area (Å²) in [6.07, 6.45) is 2.89. The smallest absolute Gasteiger partial charge is 0.169 e. The molecule has 0 aliphatic carbocycles. The molecule has 0 amide bonds. The number of aldehydes is 1. The van der Waals surface area contributed by atoms with Gasteiger partial charge in [0.05, 0.1) is 6.61 Å². The normalized spacial score (nSPS) is 13.9. The van der Waals surface area contributed by atoms with Crippen LogP contribution in [0.15, 0.2) is 23.6 Å². The monoisotopic (exact) mass is 245 g/mol. The molecule has 0 atom stereocenters. The fourth-order valence-corrected chi connectivity index (χ4v) is 2.73. The minimum absolute atomic E-state index is 0.499. The van der Waals surface area contributed by atoms with Crippen LogP contribution in [0.1, 0.15) is 22.5 Å². The summed E-state index contributed by atoms with van der Waals surface area (Å²) in [5.41, 5.74) is 2.79. The third-order valence-corrected chi connectivity index (χ3v) is 3.71. The molecule has 0 bridgehead atoms. The van der Waals surface area contributed by atoms with E-state index in [0.717, 1.165) is 42.1 Å². The SMILES string of the molecule is O=Cc1csc(-c2ccc3c(c2)CCCO3)n1. The fraction of sp³-hybridized carbons (Fsp3) is 0.231. The topological polar surface area (TPSA) is 39.2 Å². The van der Waals surface area contributed by atoms with Crippen LogP contribution in [-0.2, 0) is 6.42 Å². The maximum Gasteiger partial charge on any atom is 0.169 e. The number of fused-ring (bicyclic) bond motifs is 1. The van der Waals surface area contributed by atoms with Crippen molar-refractivity contribution in [2.45, 2.75) is 12.8 Å². The predicted molar refractivity (Wildman–Crippen MR) is 66.8 cm³/mol. The second-order valence-electron chi connectivity index (χ2n) is 3.97. The van der Waals surface area contributed by atoms with Crippen molar-refractivity contribution in [1.29, 1.82) is 0 Å². The van der Waals surface area contributed by atoms with Crippen molar-refractivity contribution < 1.29 is 9.53 Å². The molecule has 0 unspecified atom stereocenters. The standard InChI is InChI=1S/C13H11NO2S/c15-7-11-8-17-13(14-11)10-3-4-12-9(6-10)2-1-5-16-12/h3-4,6-8H,1-2,5H2. The summed E-state index contributed by atoms with van der Waals surface area (Å²) >= 11 is 1.49. The molecule has 2 aromatic rings. The number of thiazole rings is 1. The highest BCUT2D eigenvalue weighted by Gasteiger charge is 2.12. The first-order valence-corrected chi connectivity index (χ1v) is 6.41. The van der Waals surface area contributed by atoms with Crippen molar-refractivity contribution in [3.05, 3.63) is 34.8 Å². The summed E-state index contributed by atoms with van der Waals surface area (Å²) in [6.45, 7) is 0.804. The van der Waals surface area contributed by atoms with Crippen molar-refractivity contribution in [2.24, 2.45) is 0 Å². The summed E-state index contributed by atoms with van der Waals surface area (Å²) in [6, 6.07) is 6.10. The number of carbonyl (C=O) groups is 1. The number of rotatable bonds is 2. The van der Waals surface area contributed by atoms with Crippen LogP contribution in [0.3, 0.4) is 0 Å². The molecule has 1 aliphatic heterocycles. The first-order chi connectivity index (χ1) is 8.36. The lowest BCUT2D eigenvalue weighted by Gasteiger charge is -2.17. The molecule has 0 fully saturated rings. The van der Waals surface area contributed by atoms with Crippen LogP contribution in [-0.4, -0.2) is 17.9 Å². The van der Waals surface area contributed by atoms with Gasteiger partial charge in [0.1, 0.15) is 16.5 Å². The van der Waals surface area contributed by atoms with Gasteiger partial charge >= 0.3 is 0 Å². The summed E-state index contributed by atoms with van der Waals surface area (Å²) in [7, 11) is 0. The number of hydrogen-bond donors (Lipinski definition) is 0. The van der Waals surface area contributed by atoms with Gasteiger partial charge in [0.2, 0.25) is 0 Å². The predicted octanol–water partition coefficient (Wildman–Crippen LogP) is 2.95. The summed E-state index contributed by atoms with van der Waals surface area (Å²) in [5.74, 6) is 0.979. The molecule has 1 aromatic heterocycles. The van der Waals surface area contributed by atoms with Gasteiger partial charge in [0, 0.05) is 10.9 Å². The van der Waals surface area contributed by atoms with Crippen molar-refractivity contribution >= 4 is 17.6 Å². The Kier molecular flexibility index (Phi) is 2.65. The Morgan fingerprint density at radius 2 is 2.35 bits per heavy atom. The van der Waals surface area contributed by atoms with E-state index in [1.165, 1.54) is 16.9 Å². The molecule has 17 heavy (non-hydrogen) atoms. The molecule has 86 valence electrons. The van der Waals surface area contributed by atoms with Crippen LogP contribution in [0.4, 0.5) is 0 Å². The van der Waals surface area contributed by atoms with E-state index in [0.29, 0.717) is 5.69 Å². The van der Waals surface area contributed by atoms with Crippen molar-refractivity contribution in [3.63, 3.8) is 0 Å². The van der Waals surface area contributed by atoms with Crippen LogP contribution in [0, 0.1) is 0 Å². The Hall–Kier alpha value is -1.68. The van der Waals surface area contributed by atoms with Crippen molar-refractivity contribution in [3.8, 4) is 16.3 Å². The lowest BCUT2D eigenvalue weighted by atomic mass is 10.0. The van der Waals surface area contributed by atoms with Gasteiger partial charge in [-0.1, -0.05) is 0 Å². The number of hydrogen-bond acceptors (Lipinski definition) is 4. The van der Waals surface area contributed by atoms with E-state index < -0.39 is 0 Å². The highest BCUT2D eigenvalue weighted by Crippen LogP contribution is 2.31. The second kappa shape index (κ2) is 4.30. The lowest BCUT2D eigenvalue weighted by Crippen LogP contribution is -2.07. The third-order valence-electron chi connectivity index (χ3n) is 2.80. The van der Waals surface area contributed by atoms with E-state index >= 15 is 0 Å². The minimum Gasteiger partial charge on any atom is -0.493 e. The zero-order valence-electron chi connectivity index (χ0n) is 9.18. The zero-order chi connectivity index (χ0) is 11.7. The van der Waals surface area contributed by atoms with Crippen LogP contribution in [0.2, 0.25) is 0 Å². The highest BCUT2D eigenvalue weighted by atomic mass is 32.1. The average molecular weight is 245 g/mol. The first kappa shape index (κ1) is 10.5. The molecular formula is C13H11NO2S. The van der Waals surface area contributed by atoms with Crippen LogP contribution in [0.5, 0.6) is 5.75 Å². The molecule has 4 heteroatoms. The van der Waals surface area contributed by atoms with E-state index in [1.54, 1.807) is 5.38 Å². The van der Waals surface area contributed by atoms with E-state index in [1.807, 2.05) is 12.1 Å². The Morgan fingerprint density at radius 1 is 1.41 bits per heavy atom. The number of carbonyl (C=O) groups excluding carboxylic acids is 1. The quantitative estimate of drug-likeness (QED) is 0.764. The largest absolute Gasteiger partial charge is 0.493 e. The van der Waals surface area contributed by atoms with Gasteiger partial charge in [-0.15, -0.1) is 11.3 Å². The molecular weight excluding hydrogens is 234 g/mol. The average Bonchev–Trinajstić information content (AvgIpc) is 2.87. The van der Waals surface area contributed by atoms with Crippen LogP contribution in [0.25, 0.3) is 10.6 Å². The van der Waals surface area contributed by atoms with Crippen LogP contribution >= 0.6 is 11.3 Å². The Morgan fingerprint density at radius 3 is 3.18 bits per heavy atom. The molecule has 1 aromatic carbocycles. The molecule has 3 nitrogen and oxygen atoms in total. The van der Waals surface area contributed by atoms with Crippen LogP contribution < -0.4 is 4.74 Å². The zero-order valence-corrected chi connectivity index (χ0v) is 10.00. The third kappa shape index (κ3) is 1.96.